The van der Waals surface area contributed by atoms with E-state index in [1.165, 1.54) is 12.1 Å². The summed E-state index contributed by atoms with van der Waals surface area (Å²) in [6.45, 7) is -0.208. The van der Waals surface area contributed by atoms with Gasteiger partial charge in [0.25, 0.3) is 5.91 Å². The van der Waals surface area contributed by atoms with Crippen LogP contribution in [0.1, 0.15) is 27.8 Å². The van der Waals surface area contributed by atoms with Crippen LogP contribution in [0, 0.1) is 9.39 Å². The van der Waals surface area contributed by atoms with E-state index in [0.717, 1.165) is 3.57 Å². The Morgan fingerprint density at radius 2 is 2.00 bits per heavy atom. The second-order valence-corrected chi connectivity index (χ2v) is 7.28. The van der Waals surface area contributed by atoms with Crippen LogP contribution in [0.4, 0.5) is 4.39 Å². The van der Waals surface area contributed by atoms with E-state index in [1.807, 2.05) is 12.1 Å². The van der Waals surface area contributed by atoms with E-state index in [2.05, 4.69) is 38.2 Å². The molecule has 0 aliphatic heterocycles. The number of nitrogens with zero attached hydrogens (tertiary/aromatic N) is 2. The lowest BCUT2D eigenvalue weighted by Gasteiger charge is -2.19. The van der Waals surface area contributed by atoms with Gasteiger partial charge in [0.15, 0.2) is 0 Å². The van der Waals surface area contributed by atoms with Gasteiger partial charge in [-0.1, -0.05) is 24.3 Å². The molecule has 2 amide bonds. The first kappa shape index (κ1) is 20.0. The summed E-state index contributed by atoms with van der Waals surface area (Å²) in [6, 6.07) is 12.4. The molecule has 144 valence electrons. The summed E-state index contributed by atoms with van der Waals surface area (Å²) in [5.74, 6) is -0.586. The van der Waals surface area contributed by atoms with Gasteiger partial charge in [-0.25, -0.2) is 9.37 Å². The number of benzene rings is 2. The van der Waals surface area contributed by atoms with Gasteiger partial charge in [0.1, 0.15) is 17.7 Å². The molecule has 2 aromatic carbocycles. The van der Waals surface area contributed by atoms with Crippen molar-refractivity contribution in [1.82, 2.24) is 20.2 Å². The molecule has 1 unspecified atom stereocenters. The number of aromatic nitrogens is 2. The molecule has 0 spiro atoms. The second-order valence-electron chi connectivity index (χ2n) is 6.11. The van der Waals surface area contributed by atoms with E-state index in [4.69, 9.17) is 0 Å². The lowest BCUT2D eigenvalue weighted by atomic mass is 10.1. The minimum atomic E-state index is -0.642. The van der Waals surface area contributed by atoms with Crippen molar-refractivity contribution in [3.63, 3.8) is 0 Å². The molecule has 3 rings (SSSR count). The van der Waals surface area contributed by atoms with Crippen LogP contribution in [0.25, 0.3) is 0 Å². The van der Waals surface area contributed by atoms with Crippen LogP contribution >= 0.6 is 22.6 Å². The summed E-state index contributed by atoms with van der Waals surface area (Å²) in [7, 11) is 1.79. The molecule has 0 fully saturated rings. The Bertz CT molecular complexity index is 1010. The average molecular weight is 492 g/mol. The molecule has 0 aliphatic rings. The molecule has 28 heavy (non-hydrogen) atoms. The summed E-state index contributed by atoms with van der Waals surface area (Å²) in [6.07, 6.45) is 3.35. The predicted octanol–water partition coefficient (Wildman–Crippen LogP) is 2.80. The Balaban J connectivity index is 1.72. The molecule has 1 heterocycles. The maximum absolute atomic E-state index is 13.7. The van der Waals surface area contributed by atoms with E-state index in [0.29, 0.717) is 17.0 Å². The minimum absolute atomic E-state index is 0.208. The van der Waals surface area contributed by atoms with Crippen LogP contribution in [0.3, 0.4) is 0 Å². The van der Waals surface area contributed by atoms with Crippen molar-refractivity contribution in [1.29, 1.82) is 0 Å². The minimum Gasteiger partial charge on any atom is -0.343 e. The molecule has 2 N–H and O–H groups in total. The maximum Gasteiger partial charge on any atom is 0.252 e. The van der Waals surface area contributed by atoms with Crippen molar-refractivity contribution in [2.24, 2.45) is 7.05 Å². The number of hydrogen-bond donors (Lipinski definition) is 2. The van der Waals surface area contributed by atoms with E-state index in [-0.39, 0.29) is 12.5 Å². The SMILES string of the molecule is Cn1ccnc1C(NC(=O)CNC(=O)c1ccccc1I)c1cccc(F)c1. The highest BCUT2D eigenvalue weighted by molar-refractivity contribution is 14.1. The van der Waals surface area contributed by atoms with E-state index in [9.17, 15) is 14.0 Å². The van der Waals surface area contributed by atoms with Crippen molar-refractivity contribution in [3.05, 3.63) is 87.3 Å². The zero-order valence-electron chi connectivity index (χ0n) is 15.0. The van der Waals surface area contributed by atoms with Gasteiger partial charge in [-0.3, -0.25) is 9.59 Å². The Labute approximate surface area is 175 Å². The molecule has 0 bridgehead atoms. The summed E-state index contributed by atoms with van der Waals surface area (Å²) < 4.78 is 16.2. The number of carbonyl (C=O) groups is 2. The van der Waals surface area contributed by atoms with Crippen LogP contribution in [0.15, 0.2) is 60.9 Å². The lowest BCUT2D eigenvalue weighted by molar-refractivity contribution is -0.120. The Kier molecular flexibility index (Phi) is 6.40. The highest BCUT2D eigenvalue weighted by atomic mass is 127. The quantitative estimate of drug-likeness (QED) is 0.520. The first-order valence-corrected chi connectivity index (χ1v) is 9.58. The van der Waals surface area contributed by atoms with Crippen molar-refractivity contribution < 1.29 is 14.0 Å². The van der Waals surface area contributed by atoms with Crippen molar-refractivity contribution in [2.75, 3.05) is 6.54 Å². The molecule has 0 saturated heterocycles. The Hall–Kier alpha value is -2.75. The average Bonchev–Trinajstić information content (AvgIpc) is 3.10. The summed E-state index contributed by atoms with van der Waals surface area (Å²) >= 11 is 2.07. The standard InChI is InChI=1S/C20H18FIN4O2/c1-26-10-9-23-19(26)18(13-5-4-6-14(21)11-13)25-17(27)12-24-20(28)15-7-2-3-8-16(15)22/h2-11,18H,12H2,1H3,(H,24,28)(H,25,27). The number of carbonyl (C=O) groups excluding carboxylic acids is 2. The molecule has 0 aliphatic carbocycles. The summed E-state index contributed by atoms with van der Waals surface area (Å²) in [5.41, 5.74) is 1.06. The van der Waals surface area contributed by atoms with Crippen LogP contribution in [0.2, 0.25) is 0 Å². The third-order valence-electron chi connectivity index (χ3n) is 4.13. The molecule has 3 aromatic rings. The Morgan fingerprint density at radius 1 is 1.21 bits per heavy atom. The van der Waals surface area contributed by atoms with Gasteiger partial charge in [-0.2, -0.15) is 0 Å². The number of aryl methyl sites for hydroxylation is 1. The largest absolute Gasteiger partial charge is 0.343 e. The molecule has 0 saturated carbocycles. The van der Waals surface area contributed by atoms with Crippen LogP contribution in [0.5, 0.6) is 0 Å². The maximum atomic E-state index is 13.7. The second kappa shape index (κ2) is 8.96. The summed E-state index contributed by atoms with van der Waals surface area (Å²) in [4.78, 5) is 29.0. The van der Waals surface area contributed by atoms with Crippen LogP contribution in [-0.4, -0.2) is 27.9 Å². The van der Waals surface area contributed by atoms with E-state index < -0.39 is 17.8 Å². The molecule has 8 heteroatoms. The summed E-state index contributed by atoms with van der Waals surface area (Å²) in [5, 5.41) is 5.43. The highest BCUT2D eigenvalue weighted by Crippen LogP contribution is 2.21. The number of amides is 2. The zero-order valence-corrected chi connectivity index (χ0v) is 17.2. The fourth-order valence-corrected chi connectivity index (χ4v) is 3.38. The lowest BCUT2D eigenvalue weighted by Crippen LogP contribution is -2.39. The highest BCUT2D eigenvalue weighted by Gasteiger charge is 2.21. The third-order valence-corrected chi connectivity index (χ3v) is 5.07. The Morgan fingerprint density at radius 3 is 2.68 bits per heavy atom. The molecular formula is C20H18FIN4O2. The van der Waals surface area contributed by atoms with Crippen molar-refractivity contribution >= 4 is 34.4 Å². The van der Waals surface area contributed by atoms with Gasteiger partial charge in [0, 0.05) is 23.0 Å². The van der Waals surface area contributed by atoms with E-state index >= 15 is 0 Å². The molecule has 6 nitrogen and oxygen atoms in total. The number of halogens is 2. The number of imidazole rings is 1. The van der Waals surface area contributed by atoms with Crippen LogP contribution in [-0.2, 0) is 11.8 Å². The molecule has 1 atom stereocenters. The topological polar surface area (TPSA) is 76.0 Å². The third kappa shape index (κ3) is 4.75. The zero-order chi connectivity index (χ0) is 20.1. The number of nitrogens with one attached hydrogen (secondary N) is 2. The smallest absolute Gasteiger partial charge is 0.252 e. The predicted molar refractivity (Wildman–Crippen MR) is 111 cm³/mol. The monoisotopic (exact) mass is 492 g/mol. The van der Waals surface area contributed by atoms with Crippen LogP contribution < -0.4 is 10.6 Å². The normalized spacial score (nSPS) is 11.7. The fourth-order valence-electron chi connectivity index (χ4n) is 2.75. The van der Waals surface area contributed by atoms with Gasteiger partial charge >= 0.3 is 0 Å². The van der Waals surface area contributed by atoms with Crippen molar-refractivity contribution in [2.45, 2.75) is 6.04 Å². The number of rotatable bonds is 6. The van der Waals surface area contributed by atoms with Gasteiger partial charge in [-0.05, 0) is 52.4 Å². The first-order chi connectivity index (χ1) is 13.5. The van der Waals surface area contributed by atoms with Gasteiger partial charge < -0.3 is 15.2 Å². The fraction of sp³-hybridized carbons (Fsp3) is 0.150. The first-order valence-electron chi connectivity index (χ1n) is 8.50. The molecular weight excluding hydrogens is 474 g/mol. The van der Waals surface area contributed by atoms with E-state index in [1.54, 1.807) is 48.3 Å². The van der Waals surface area contributed by atoms with Gasteiger partial charge in [-0.15, -0.1) is 0 Å². The van der Waals surface area contributed by atoms with Crippen molar-refractivity contribution in [3.8, 4) is 0 Å². The van der Waals surface area contributed by atoms with Gasteiger partial charge in [0.05, 0.1) is 12.1 Å². The number of hydrogen-bond acceptors (Lipinski definition) is 3. The molecule has 1 aromatic heterocycles. The van der Waals surface area contributed by atoms with Gasteiger partial charge in [0.2, 0.25) is 5.91 Å². The molecule has 0 radical (unpaired) electrons.